The summed E-state index contributed by atoms with van der Waals surface area (Å²) in [6.45, 7) is 4.00. The van der Waals surface area contributed by atoms with Gasteiger partial charge in [-0.05, 0) is 37.0 Å². The summed E-state index contributed by atoms with van der Waals surface area (Å²) in [5.74, 6) is 0.0353. The van der Waals surface area contributed by atoms with Crippen molar-refractivity contribution in [3.8, 4) is 0 Å². The van der Waals surface area contributed by atoms with Gasteiger partial charge in [-0.25, -0.2) is 0 Å². The van der Waals surface area contributed by atoms with Crippen LogP contribution in [-0.2, 0) is 0 Å². The zero-order chi connectivity index (χ0) is 10.1. The third-order valence-corrected chi connectivity index (χ3v) is 3.77. The first-order valence-electron chi connectivity index (χ1n) is 4.20. The highest BCUT2D eigenvalue weighted by molar-refractivity contribution is 7.10. The number of hydrogen-bond acceptors (Lipinski definition) is 4. The standard InChI is InChI=1S/C10H9NOS2/c1-6-7(2)13-5-8(6)10(12)9-3-4-14-11-9/h3-5H,1-2H3. The van der Waals surface area contributed by atoms with E-state index in [0.29, 0.717) is 5.69 Å². The van der Waals surface area contributed by atoms with Crippen molar-refractivity contribution >= 4 is 28.7 Å². The number of hydrogen-bond donors (Lipinski definition) is 0. The topological polar surface area (TPSA) is 30.0 Å². The average molecular weight is 223 g/mol. The molecule has 0 atom stereocenters. The molecule has 2 aromatic heterocycles. The van der Waals surface area contributed by atoms with Crippen LogP contribution in [0.1, 0.15) is 26.5 Å². The molecule has 2 aromatic rings. The molecule has 0 aliphatic rings. The molecule has 0 saturated heterocycles. The van der Waals surface area contributed by atoms with Gasteiger partial charge in [0.15, 0.2) is 0 Å². The molecule has 2 rings (SSSR count). The summed E-state index contributed by atoms with van der Waals surface area (Å²) >= 11 is 2.92. The van der Waals surface area contributed by atoms with Gasteiger partial charge in [-0.3, -0.25) is 4.79 Å². The van der Waals surface area contributed by atoms with Gasteiger partial charge in [-0.2, -0.15) is 4.37 Å². The number of nitrogens with zero attached hydrogens (tertiary/aromatic N) is 1. The maximum atomic E-state index is 11.9. The molecule has 2 nitrogen and oxygen atoms in total. The molecule has 4 heteroatoms. The molecule has 0 fully saturated rings. The van der Waals surface area contributed by atoms with Crippen LogP contribution in [0.4, 0.5) is 0 Å². The number of rotatable bonds is 2. The van der Waals surface area contributed by atoms with Crippen molar-refractivity contribution in [1.29, 1.82) is 0 Å². The fourth-order valence-electron chi connectivity index (χ4n) is 1.21. The van der Waals surface area contributed by atoms with Crippen LogP contribution in [0.25, 0.3) is 0 Å². The minimum absolute atomic E-state index is 0.0353. The lowest BCUT2D eigenvalue weighted by molar-refractivity contribution is 0.103. The summed E-state index contributed by atoms with van der Waals surface area (Å²) in [4.78, 5) is 13.1. The van der Waals surface area contributed by atoms with Crippen LogP contribution >= 0.6 is 22.9 Å². The van der Waals surface area contributed by atoms with E-state index >= 15 is 0 Å². The molecule has 0 N–H and O–H groups in total. The molecule has 14 heavy (non-hydrogen) atoms. The Labute approximate surface area is 90.4 Å². The van der Waals surface area contributed by atoms with E-state index in [1.807, 2.05) is 24.6 Å². The van der Waals surface area contributed by atoms with E-state index in [2.05, 4.69) is 4.37 Å². The van der Waals surface area contributed by atoms with Crippen molar-refractivity contribution in [1.82, 2.24) is 4.37 Å². The molecule has 0 saturated carbocycles. The fraction of sp³-hybridized carbons (Fsp3) is 0.200. The highest BCUT2D eigenvalue weighted by atomic mass is 32.1. The second-order valence-corrected chi connectivity index (χ2v) is 4.79. The summed E-state index contributed by atoms with van der Waals surface area (Å²) in [6.07, 6.45) is 0. The van der Waals surface area contributed by atoms with Crippen molar-refractivity contribution in [2.45, 2.75) is 13.8 Å². The molecule has 0 aromatic carbocycles. The molecule has 0 spiro atoms. The van der Waals surface area contributed by atoms with Crippen LogP contribution < -0.4 is 0 Å². The third-order valence-electron chi connectivity index (χ3n) is 2.20. The first kappa shape index (κ1) is 9.55. The molecule has 0 radical (unpaired) electrons. The highest BCUT2D eigenvalue weighted by Gasteiger charge is 2.15. The first-order valence-corrected chi connectivity index (χ1v) is 5.91. The van der Waals surface area contributed by atoms with Crippen molar-refractivity contribution in [2.24, 2.45) is 0 Å². The Morgan fingerprint density at radius 1 is 1.43 bits per heavy atom. The first-order chi connectivity index (χ1) is 6.70. The summed E-state index contributed by atoms with van der Waals surface area (Å²) in [6, 6.07) is 1.76. The quantitative estimate of drug-likeness (QED) is 0.732. The lowest BCUT2D eigenvalue weighted by Gasteiger charge is -1.95. The number of aromatic nitrogens is 1. The average Bonchev–Trinajstić information content (AvgIpc) is 2.77. The number of carbonyl (C=O) groups excluding carboxylic acids is 1. The molecule has 0 aliphatic heterocycles. The van der Waals surface area contributed by atoms with Crippen LogP contribution in [-0.4, -0.2) is 10.2 Å². The fourth-order valence-corrected chi connectivity index (χ4v) is 2.58. The second-order valence-electron chi connectivity index (χ2n) is 3.04. The van der Waals surface area contributed by atoms with E-state index in [-0.39, 0.29) is 5.78 Å². The van der Waals surface area contributed by atoms with Gasteiger partial charge in [0.05, 0.1) is 0 Å². The van der Waals surface area contributed by atoms with Crippen LogP contribution in [0.3, 0.4) is 0 Å². The number of carbonyl (C=O) groups is 1. The van der Waals surface area contributed by atoms with Crippen molar-refractivity contribution in [2.75, 3.05) is 0 Å². The number of aryl methyl sites for hydroxylation is 1. The molecule has 72 valence electrons. The lowest BCUT2D eigenvalue weighted by Crippen LogP contribution is -2.01. The van der Waals surface area contributed by atoms with Gasteiger partial charge in [0.25, 0.3) is 0 Å². The highest BCUT2D eigenvalue weighted by Crippen LogP contribution is 2.22. The number of thiophene rings is 1. The van der Waals surface area contributed by atoms with E-state index in [1.165, 1.54) is 16.4 Å². The van der Waals surface area contributed by atoms with Gasteiger partial charge in [0.2, 0.25) is 5.78 Å². The van der Waals surface area contributed by atoms with Crippen molar-refractivity contribution in [3.05, 3.63) is 38.5 Å². The summed E-state index contributed by atoms with van der Waals surface area (Å²) in [5, 5.41) is 3.73. The summed E-state index contributed by atoms with van der Waals surface area (Å²) in [7, 11) is 0. The zero-order valence-electron chi connectivity index (χ0n) is 7.90. The Bertz CT molecular complexity index is 456. The predicted octanol–water partition coefficient (Wildman–Crippen LogP) is 3.05. The Morgan fingerprint density at radius 2 is 2.21 bits per heavy atom. The maximum Gasteiger partial charge on any atom is 0.213 e. The van der Waals surface area contributed by atoms with E-state index in [4.69, 9.17) is 0 Å². The van der Waals surface area contributed by atoms with Gasteiger partial charge >= 0.3 is 0 Å². The molecule has 0 unspecified atom stereocenters. The largest absolute Gasteiger partial charge is 0.287 e. The normalized spacial score (nSPS) is 10.4. The molecule has 0 bridgehead atoms. The Balaban J connectivity index is 2.42. The summed E-state index contributed by atoms with van der Waals surface area (Å²) in [5.41, 5.74) is 2.42. The molecule has 0 amide bonds. The van der Waals surface area contributed by atoms with Gasteiger partial charge in [0.1, 0.15) is 5.69 Å². The van der Waals surface area contributed by atoms with Crippen molar-refractivity contribution < 1.29 is 4.79 Å². The van der Waals surface area contributed by atoms with Gasteiger partial charge in [-0.15, -0.1) is 11.3 Å². The molecule has 2 heterocycles. The third kappa shape index (κ3) is 1.51. The molecular weight excluding hydrogens is 214 g/mol. The molecular formula is C10H9NOS2. The minimum atomic E-state index is 0.0353. The van der Waals surface area contributed by atoms with E-state index < -0.39 is 0 Å². The van der Waals surface area contributed by atoms with Crippen LogP contribution in [0.5, 0.6) is 0 Å². The van der Waals surface area contributed by atoms with Gasteiger partial charge < -0.3 is 0 Å². The van der Waals surface area contributed by atoms with E-state index in [1.54, 1.807) is 17.4 Å². The Morgan fingerprint density at radius 3 is 2.71 bits per heavy atom. The zero-order valence-corrected chi connectivity index (χ0v) is 9.54. The smallest absolute Gasteiger partial charge is 0.213 e. The second kappa shape index (κ2) is 3.63. The SMILES string of the molecule is Cc1scc(C(=O)c2ccsn2)c1C. The Kier molecular flexibility index (Phi) is 2.48. The van der Waals surface area contributed by atoms with E-state index in [0.717, 1.165) is 11.1 Å². The van der Waals surface area contributed by atoms with Crippen LogP contribution in [0.15, 0.2) is 16.8 Å². The van der Waals surface area contributed by atoms with Crippen molar-refractivity contribution in [3.63, 3.8) is 0 Å². The van der Waals surface area contributed by atoms with E-state index in [9.17, 15) is 4.79 Å². The minimum Gasteiger partial charge on any atom is -0.287 e. The molecule has 0 aliphatic carbocycles. The van der Waals surface area contributed by atoms with Crippen LogP contribution in [0.2, 0.25) is 0 Å². The maximum absolute atomic E-state index is 11.9. The predicted molar refractivity (Wildman–Crippen MR) is 59.3 cm³/mol. The monoisotopic (exact) mass is 223 g/mol. The lowest BCUT2D eigenvalue weighted by atomic mass is 10.1. The Hall–Kier alpha value is -1.00. The number of ketones is 1. The van der Waals surface area contributed by atoms with Gasteiger partial charge in [-0.1, -0.05) is 0 Å². The summed E-state index contributed by atoms with van der Waals surface area (Å²) < 4.78 is 4.04. The van der Waals surface area contributed by atoms with Gasteiger partial charge in [0, 0.05) is 21.2 Å². The van der Waals surface area contributed by atoms with Crippen LogP contribution in [0, 0.1) is 13.8 Å².